The summed E-state index contributed by atoms with van der Waals surface area (Å²) in [4.78, 5) is 0. The molecule has 4 aromatic rings. The molecule has 0 spiro atoms. The zero-order chi connectivity index (χ0) is 18.5. The fourth-order valence-corrected chi connectivity index (χ4v) is 3.04. The van der Waals surface area contributed by atoms with Crippen LogP contribution in [0, 0.1) is 0 Å². The van der Waals surface area contributed by atoms with Crippen LogP contribution < -0.4 is 4.74 Å². The lowest BCUT2D eigenvalue weighted by molar-refractivity contribution is -0.153. The molecule has 0 saturated heterocycles. The van der Waals surface area contributed by atoms with Crippen LogP contribution in [0.25, 0.3) is 27.4 Å². The van der Waals surface area contributed by atoms with Gasteiger partial charge in [-0.15, -0.1) is 0 Å². The number of nitrogens with zero attached hydrogens (tertiary/aromatic N) is 2. The van der Waals surface area contributed by atoms with E-state index < -0.39 is 12.8 Å². The van der Waals surface area contributed by atoms with E-state index in [4.69, 9.17) is 4.74 Å². The molecule has 0 unspecified atom stereocenters. The lowest BCUT2D eigenvalue weighted by atomic mass is 10.2. The minimum atomic E-state index is -4.41. The van der Waals surface area contributed by atoms with Crippen molar-refractivity contribution in [1.29, 1.82) is 0 Å². The van der Waals surface area contributed by atoms with Crippen LogP contribution in [0.15, 0.2) is 54.9 Å². The second-order valence-electron chi connectivity index (χ2n) is 6.15. The smallest absolute Gasteiger partial charge is 0.422 e. The second-order valence-corrected chi connectivity index (χ2v) is 6.15. The molecule has 2 heterocycles. The normalized spacial score (nSPS) is 12.2. The number of aromatic nitrogens is 2. The Kier molecular flexibility index (Phi) is 3.61. The van der Waals surface area contributed by atoms with Gasteiger partial charge in [-0.3, -0.25) is 4.57 Å². The van der Waals surface area contributed by atoms with Crippen molar-refractivity contribution in [2.24, 2.45) is 7.05 Å². The molecule has 0 atom stereocenters. The highest BCUT2D eigenvalue weighted by molar-refractivity contribution is 5.90. The summed E-state index contributed by atoms with van der Waals surface area (Å²) < 4.78 is 45.3. The average Bonchev–Trinajstić information content (AvgIpc) is 3.13. The maximum atomic E-state index is 12.3. The molecule has 7 heteroatoms. The van der Waals surface area contributed by atoms with Crippen LogP contribution in [0.1, 0.15) is 0 Å². The van der Waals surface area contributed by atoms with E-state index in [1.807, 2.05) is 42.1 Å². The standard InChI is InChI=1S/C19H15F3N2O2/c1-23-7-6-12-8-14(3-5-17(12)23)24-10-13-2-4-15(9-16(13)18(24)25)26-11-19(20,21)22/h2-10,25H,11H2,1H3. The van der Waals surface area contributed by atoms with Gasteiger partial charge in [-0.1, -0.05) is 0 Å². The molecule has 26 heavy (non-hydrogen) atoms. The van der Waals surface area contributed by atoms with Gasteiger partial charge in [-0.05, 0) is 42.5 Å². The third-order valence-corrected chi connectivity index (χ3v) is 4.31. The number of aromatic hydroxyl groups is 1. The van der Waals surface area contributed by atoms with Gasteiger partial charge in [0.05, 0.1) is 0 Å². The van der Waals surface area contributed by atoms with E-state index in [-0.39, 0.29) is 11.6 Å². The van der Waals surface area contributed by atoms with E-state index in [1.165, 1.54) is 12.1 Å². The number of rotatable bonds is 3. The van der Waals surface area contributed by atoms with E-state index in [2.05, 4.69) is 0 Å². The Hall–Kier alpha value is -3.09. The van der Waals surface area contributed by atoms with E-state index in [0.717, 1.165) is 16.6 Å². The Morgan fingerprint density at radius 3 is 2.62 bits per heavy atom. The lowest BCUT2D eigenvalue weighted by Crippen LogP contribution is -2.19. The summed E-state index contributed by atoms with van der Waals surface area (Å²) in [5.41, 5.74) is 1.82. The molecule has 0 bridgehead atoms. The van der Waals surface area contributed by atoms with Crippen molar-refractivity contribution in [3.05, 3.63) is 54.9 Å². The fraction of sp³-hybridized carbons (Fsp3) is 0.158. The average molecular weight is 360 g/mol. The van der Waals surface area contributed by atoms with E-state index in [9.17, 15) is 18.3 Å². The summed E-state index contributed by atoms with van der Waals surface area (Å²) in [6.07, 6.45) is -0.721. The van der Waals surface area contributed by atoms with Crippen LogP contribution in [-0.4, -0.2) is 27.0 Å². The van der Waals surface area contributed by atoms with Gasteiger partial charge in [-0.25, -0.2) is 0 Å². The Morgan fingerprint density at radius 1 is 1.04 bits per heavy atom. The highest BCUT2D eigenvalue weighted by Crippen LogP contribution is 2.34. The highest BCUT2D eigenvalue weighted by Gasteiger charge is 2.28. The van der Waals surface area contributed by atoms with Gasteiger partial charge in [0.2, 0.25) is 5.88 Å². The molecule has 2 aromatic heterocycles. The van der Waals surface area contributed by atoms with E-state index in [1.54, 1.807) is 16.8 Å². The monoisotopic (exact) mass is 360 g/mol. The maximum absolute atomic E-state index is 12.3. The summed E-state index contributed by atoms with van der Waals surface area (Å²) in [7, 11) is 1.95. The molecule has 0 aliphatic heterocycles. The Labute approximate surface area is 146 Å². The molecule has 2 aromatic carbocycles. The predicted octanol–water partition coefficient (Wildman–Crippen LogP) is 4.77. The number of alkyl halides is 3. The van der Waals surface area contributed by atoms with Crippen molar-refractivity contribution in [3.63, 3.8) is 0 Å². The molecule has 134 valence electrons. The number of aryl methyl sites for hydroxylation is 1. The van der Waals surface area contributed by atoms with Crippen molar-refractivity contribution < 1.29 is 23.0 Å². The SMILES string of the molecule is Cn1ccc2cc(-n3cc4ccc(OCC(F)(F)F)cc4c3O)ccc21. The Morgan fingerprint density at radius 2 is 1.85 bits per heavy atom. The highest BCUT2D eigenvalue weighted by atomic mass is 19.4. The van der Waals surface area contributed by atoms with Gasteiger partial charge in [0, 0.05) is 46.8 Å². The summed E-state index contributed by atoms with van der Waals surface area (Å²) >= 11 is 0. The predicted molar refractivity (Wildman–Crippen MR) is 93.0 cm³/mol. The number of fused-ring (bicyclic) bond motifs is 2. The molecule has 0 radical (unpaired) electrons. The Balaban J connectivity index is 1.74. The molecule has 0 aliphatic carbocycles. The minimum Gasteiger partial charge on any atom is -0.494 e. The van der Waals surface area contributed by atoms with Crippen LogP contribution in [0.4, 0.5) is 13.2 Å². The van der Waals surface area contributed by atoms with Gasteiger partial charge in [0.1, 0.15) is 5.75 Å². The van der Waals surface area contributed by atoms with Crippen molar-refractivity contribution >= 4 is 21.7 Å². The lowest BCUT2D eigenvalue weighted by Gasteiger charge is -2.09. The largest absolute Gasteiger partial charge is 0.494 e. The quantitative estimate of drug-likeness (QED) is 0.572. The summed E-state index contributed by atoms with van der Waals surface area (Å²) in [5, 5.41) is 12.7. The molecule has 1 N–H and O–H groups in total. The number of hydrogen-bond donors (Lipinski definition) is 1. The third kappa shape index (κ3) is 2.85. The van der Waals surface area contributed by atoms with Crippen LogP contribution in [0.5, 0.6) is 11.6 Å². The van der Waals surface area contributed by atoms with Crippen molar-refractivity contribution in [2.45, 2.75) is 6.18 Å². The topological polar surface area (TPSA) is 39.3 Å². The van der Waals surface area contributed by atoms with Crippen LogP contribution in [0.3, 0.4) is 0 Å². The van der Waals surface area contributed by atoms with Crippen molar-refractivity contribution in [3.8, 4) is 17.3 Å². The molecule has 4 rings (SSSR count). The first-order valence-electron chi connectivity index (χ1n) is 7.91. The van der Waals surface area contributed by atoms with Gasteiger partial charge >= 0.3 is 6.18 Å². The first-order valence-corrected chi connectivity index (χ1v) is 7.91. The van der Waals surface area contributed by atoms with Gasteiger partial charge in [-0.2, -0.15) is 13.2 Å². The molecule has 0 aliphatic rings. The number of hydrogen-bond acceptors (Lipinski definition) is 2. The molecule has 0 amide bonds. The molecule has 4 nitrogen and oxygen atoms in total. The first-order chi connectivity index (χ1) is 12.3. The minimum absolute atomic E-state index is 0.0484. The number of ether oxygens (including phenoxy) is 1. The Bertz CT molecular complexity index is 1110. The molecular formula is C19H15F3N2O2. The zero-order valence-corrected chi connectivity index (χ0v) is 13.8. The van der Waals surface area contributed by atoms with Crippen LogP contribution in [0.2, 0.25) is 0 Å². The zero-order valence-electron chi connectivity index (χ0n) is 13.8. The van der Waals surface area contributed by atoms with E-state index in [0.29, 0.717) is 10.8 Å². The van der Waals surface area contributed by atoms with Crippen molar-refractivity contribution in [2.75, 3.05) is 6.61 Å². The number of benzene rings is 2. The number of halogens is 3. The van der Waals surface area contributed by atoms with Crippen LogP contribution >= 0.6 is 0 Å². The summed E-state index contributed by atoms with van der Waals surface area (Å²) in [5.74, 6) is 0.00845. The van der Waals surface area contributed by atoms with Crippen LogP contribution in [-0.2, 0) is 7.05 Å². The van der Waals surface area contributed by atoms with Gasteiger partial charge < -0.3 is 14.4 Å². The summed E-state index contributed by atoms with van der Waals surface area (Å²) in [6.45, 7) is -1.37. The summed E-state index contributed by atoms with van der Waals surface area (Å²) in [6, 6.07) is 12.2. The second kappa shape index (κ2) is 5.72. The maximum Gasteiger partial charge on any atom is 0.422 e. The third-order valence-electron chi connectivity index (χ3n) is 4.31. The molecule has 0 saturated carbocycles. The fourth-order valence-electron chi connectivity index (χ4n) is 3.04. The van der Waals surface area contributed by atoms with Gasteiger partial charge in [0.25, 0.3) is 0 Å². The van der Waals surface area contributed by atoms with E-state index >= 15 is 0 Å². The van der Waals surface area contributed by atoms with Gasteiger partial charge in [0.15, 0.2) is 6.61 Å². The molecular weight excluding hydrogens is 345 g/mol. The molecule has 0 fully saturated rings. The van der Waals surface area contributed by atoms with Crippen molar-refractivity contribution in [1.82, 2.24) is 9.13 Å². The first kappa shape index (κ1) is 16.4.